The lowest BCUT2D eigenvalue weighted by Gasteiger charge is -2.11. The minimum atomic E-state index is -0.246. The number of thioether (sulfide) groups is 1. The van der Waals surface area contributed by atoms with Gasteiger partial charge in [-0.3, -0.25) is 9.36 Å². The van der Waals surface area contributed by atoms with Gasteiger partial charge in [0, 0.05) is 16.3 Å². The Balaban J connectivity index is 1.53. The number of carbonyl (C=O) groups is 1. The van der Waals surface area contributed by atoms with Crippen molar-refractivity contribution in [2.24, 2.45) is 5.10 Å². The van der Waals surface area contributed by atoms with E-state index in [2.05, 4.69) is 20.7 Å². The molecule has 9 heteroatoms. The van der Waals surface area contributed by atoms with Crippen molar-refractivity contribution in [1.29, 1.82) is 0 Å². The zero-order valence-corrected chi connectivity index (χ0v) is 19.3. The van der Waals surface area contributed by atoms with Gasteiger partial charge < -0.3 is 4.74 Å². The molecule has 0 bridgehead atoms. The molecule has 7 nitrogen and oxygen atoms in total. The van der Waals surface area contributed by atoms with E-state index in [4.69, 9.17) is 16.3 Å². The molecule has 0 aliphatic carbocycles. The molecule has 0 radical (unpaired) electrons. The van der Waals surface area contributed by atoms with E-state index in [1.165, 1.54) is 11.8 Å². The number of carbonyl (C=O) groups excluding carboxylic acids is 1. The molecule has 1 amide bonds. The zero-order valence-electron chi connectivity index (χ0n) is 17.7. The number of hydrogen-bond donors (Lipinski definition) is 1. The largest absolute Gasteiger partial charge is 0.497 e. The molecule has 1 aromatic heterocycles. The third-order valence-electron chi connectivity index (χ3n) is 4.60. The van der Waals surface area contributed by atoms with Crippen LogP contribution >= 0.6 is 23.4 Å². The molecule has 1 heterocycles. The summed E-state index contributed by atoms with van der Waals surface area (Å²) in [4.78, 5) is 12.3. The first-order chi connectivity index (χ1) is 16.1. The number of methoxy groups -OCH3 is 1. The molecular weight excluding hydrogens is 458 g/mol. The Labute approximate surface area is 200 Å². The average molecular weight is 478 g/mol. The van der Waals surface area contributed by atoms with Crippen LogP contribution < -0.4 is 10.2 Å². The van der Waals surface area contributed by atoms with E-state index in [9.17, 15) is 4.79 Å². The van der Waals surface area contributed by atoms with Crippen LogP contribution in [-0.4, -0.2) is 39.7 Å². The molecule has 0 fully saturated rings. The highest BCUT2D eigenvalue weighted by Gasteiger charge is 2.17. The Morgan fingerprint density at radius 2 is 1.79 bits per heavy atom. The van der Waals surface area contributed by atoms with Crippen molar-refractivity contribution in [3.8, 4) is 22.8 Å². The van der Waals surface area contributed by atoms with Crippen LogP contribution in [0.15, 0.2) is 89.1 Å². The number of aromatic nitrogens is 3. The van der Waals surface area contributed by atoms with E-state index in [1.54, 1.807) is 25.5 Å². The highest BCUT2D eigenvalue weighted by molar-refractivity contribution is 7.99. The van der Waals surface area contributed by atoms with Gasteiger partial charge in [-0.25, -0.2) is 5.43 Å². The molecule has 4 rings (SSSR count). The van der Waals surface area contributed by atoms with Crippen LogP contribution in [0.5, 0.6) is 5.75 Å². The smallest absolute Gasteiger partial charge is 0.250 e. The molecular formula is C24H20ClN5O2S. The summed E-state index contributed by atoms with van der Waals surface area (Å²) in [6.07, 6.45) is 1.60. The monoisotopic (exact) mass is 477 g/mol. The van der Waals surface area contributed by atoms with Crippen molar-refractivity contribution in [2.45, 2.75) is 5.16 Å². The Morgan fingerprint density at radius 3 is 2.48 bits per heavy atom. The van der Waals surface area contributed by atoms with Gasteiger partial charge in [-0.15, -0.1) is 10.2 Å². The maximum atomic E-state index is 12.3. The maximum absolute atomic E-state index is 12.3. The van der Waals surface area contributed by atoms with Crippen LogP contribution in [0.1, 0.15) is 5.56 Å². The van der Waals surface area contributed by atoms with Crippen LogP contribution in [-0.2, 0) is 4.79 Å². The molecule has 0 spiro atoms. The number of nitrogens with one attached hydrogen (secondary N) is 1. The maximum Gasteiger partial charge on any atom is 0.250 e. The predicted octanol–water partition coefficient (Wildman–Crippen LogP) is 4.84. The quantitative estimate of drug-likeness (QED) is 0.223. The van der Waals surface area contributed by atoms with Gasteiger partial charge in [0.2, 0.25) is 0 Å². The lowest BCUT2D eigenvalue weighted by atomic mass is 10.2. The van der Waals surface area contributed by atoms with Crippen molar-refractivity contribution in [3.63, 3.8) is 0 Å². The third-order valence-corrected chi connectivity index (χ3v) is 5.78. The first-order valence-corrected chi connectivity index (χ1v) is 11.4. The summed E-state index contributed by atoms with van der Waals surface area (Å²) in [6, 6.07) is 24.4. The second-order valence-corrected chi connectivity index (χ2v) is 8.22. The standard InChI is InChI=1S/C24H20ClN5O2S/c1-32-21-13-7-18(8-14-21)23-28-29-24(30(23)20-11-9-19(25)10-12-20)33-16-22(31)27-26-15-17-5-3-2-4-6-17/h2-15H,16H2,1H3,(H,27,31). The Kier molecular flexibility index (Phi) is 7.39. The van der Waals surface area contributed by atoms with Gasteiger partial charge in [0.15, 0.2) is 11.0 Å². The van der Waals surface area contributed by atoms with Crippen LogP contribution in [0.25, 0.3) is 17.1 Å². The van der Waals surface area contributed by atoms with Gasteiger partial charge in [0.1, 0.15) is 5.75 Å². The molecule has 0 atom stereocenters. The molecule has 0 saturated heterocycles. The van der Waals surface area contributed by atoms with Gasteiger partial charge in [0.25, 0.3) is 5.91 Å². The number of rotatable bonds is 8. The topological polar surface area (TPSA) is 81.4 Å². The van der Waals surface area contributed by atoms with Gasteiger partial charge in [-0.1, -0.05) is 53.7 Å². The lowest BCUT2D eigenvalue weighted by Crippen LogP contribution is -2.20. The lowest BCUT2D eigenvalue weighted by molar-refractivity contribution is -0.118. The summed E-state index contributed by atoms with van der Waals surface area (Å²) >= 11 is 7.34. The first-order valence-electron chi connectivity index (χ1n) is 9.99. The third kappa shape index (κ3) is 5.79. The van der Waals surface area contributed by atoms with Crippen LogP contribution in [0.2, 0.25) is 5.02 Å². The second-order valence-electron chi connectivity index (χ2n) is 6.84. The van der Waals surface area contributed by atoms with Gasteiger partial charge in [-0.05, 0) is 54.1 Å². The van der Waals surface area contributed by atoms with Crippen molar-refractivity contribution in [1.82, 2.24) is 20.2 Å². The van der Waals surface area contributed by atoms with Crippen molar-refractivity contribution >= 4 is 35.5 Å². The minimum absolute atomic E-state index is 0.125. The van der Waals surface area contributed by atoms with Crippen LogP contribution in [0.3, 0.4) is 0 Å². The summed E-state index contributed by atoms with van der Waals surface area (Å²) < 4.78 is 7.14. The van der Waals surface area contributed by atoms with E-state index < -0.39 is 0 Å². The van der Waals surface area contributed by atoms with E-state index in [0.29, 0.717) is 16.0 Å². The van der Waals surface area contributed by atoms with Crippen molar-refractivity contribution in [2.75, 3.05) is 12.9 Å². The molecule has 4 aromatic rings. The van der Waals surface area contributed by atoms with Gasteiger partial charge >= 0.3 is 0 Å². The van der Waals surface area contributed by atoms with E-state index >= 15 is 0 Å². The number of nitrogens with zero attached hydrogens (tertiary/aromatic N) is 4. The number of hydrazone groups is 1. The summed E-state index contributed by atoms with van der Waals surface area (Å²) in [5.41, 5.74) is 5.14. The van der Waals surface area contributed by atoms with Crippen molar-refractivity contribution < 1.29 is 9.53 Å². The molecule has 3 aromatic carbocycles. The molecule has 1 N–H and O–H groups in total. The fraction of sp³-hybridized carbons (Fsp3) is 0.0833. The predicted molar refractivity (Wildman–Crippen MR) is 131 cm³/mol. The number of ether oxygens (including phenoxy) is 1. The van der Waals surface area contributed by atoms with E-state index in [1.807, 2.05) is 71.3 Å². The van der Waals surface area contributed by atoms with Crippen LogP contribution in [0.4, 0.5) is 0 Å². The summed E-state index contributed by atoms with van der Waals surface area (Å²) in [5, 5.41) is 13.9. The zero-order chi connectivity index (χ0) is 23.0. The van der Waals surface area contributed by atoms with E-state index in [-0.39, 0.29) is 11.7 Å². The number of hydrogen-bond acceptors (Lipinski definition) is 6. The first kappa shape index (κ1) is 22.6. The van der Waals surface area contributed by atoms with Crippen molar-refractivity contribution in [3.05, 3.63) is 89.4 Å². The highest BCUT2D eigenvalue weighted by Crippen LogP contribution is 2.29. The summed E-state index contributed by atoms with van der Waals surface area (Å²) in [6.45, 7) is 0. The van der Waals surface area contributed by atoms with Gasteiger partial charge in [-0.2, -0.15) is 5.10 Å². The highest BCUT2D eigenvalue weighted by atomic mass is 35.5. The Hall–Kier alpha value is -3.62. The fourth-order valence-corrected chi connectivity index (χ4v) is 3.86. The number of benzene rings is 3. The Morgan fingerprint density at radius 1 is 1.06 bits per heavy atom. The summed E-state index contributed by atoms with van der Waals surface area (Å²) in [7, 11) is 1.62. The molecule has 0 unspecified atom stereocenters. The average Bonchev–Trinajstić information content (AvgIpc) is 3.28. The Bertz CT molecular complexity index is 1240. The normalized spacial score (nSPS) is 11.0. The molecule has 0 saturated carbocycles. The van der Waals surface area contributed by atoms with Crippen LogP contribution in [0, 0.1) is 0 Å². The molecule has 0 aliphatic heterocycles. The summed E-state index contributed by atoms with van der Waals surface area (Å²) in [5.74, 6) is 1.27. The van der Waals surface area contributed by atoms with Gasteiger partial charge in [0.05, 0.1) is 19.1 Å². The molecule has 166 valence electrons. The van der Waals surface area contributed by atoms with E-state index in [0.717, 1.165) is 22.6 Å². The SMILES string of the molecule is COc1ccc(-c2nnc(SCC(=O)NN=Cc3ccccc3)n2-c2ccc(Cl)cc2)cc1. The number of amides is 1. The number of halogens is 1. The molecule has 0 aliphatic rings. The fourth-order valence-electron chi connectivity index (χ4n) is 2.99. The second kappa shape index (κ2) is 10.8. The molecule has 33 heavy (non-hydrogen) atoms. The minimum Gasteiger partial charge on any atom is -0.497 e.